The normalized spacial score (nSPS) is 12.3. The third-order valence-electron chi connectivity index (χ3n) is 7.08. The molecule has 0 saturated heterocycles. The van der Waals surface area contributed by atoms with Crippen LogP contribution in [0.25, 0.3) is 10.8 Å². The number of rotatable bonds is 13. The van der Waals surface area contributed by atoms with Crippen molar-refractivity contribution < 1.29 is 18.0 Å². The van der Waals surface area contributed by atoms with Gasteiger partial charge >= 0.3 is 0 Å². The molecule has 2 amide bonds. The lowest BCUT2D eigenvalue weighted by molar-refractivity contribution is -0.141. The van der Waals surface area contributed by atoms with Gasteiger partial charge in [0.25, 0.3) is 0 Å². The van der Waals surface area contributed by atoms with E-state index < -0.39 is 28.5 Å². The summed E-state index contributed by atoms with van der Waals surface area (Å²) in [5.41, 5.74) is 1.76. The van der Waals surface area contributed by atoms with Gasteiger partial charge in [0.2, 0.25) is 21.8 Å². The van der Waals surface area contributed by atoms with E-state index >= 15 is 0 Å². The predicted molar refractivity (Wildman–Crippen MR) is 163 cm³/mol. The van der Waals surface area contributed by atoms with Crippen molar-refractivity contribution >= 4 is 32.6 Å². The van der Waals surface area contributed by atoms with E-state index in [4.69, 9.17) is 0 Å². The lowest BCUT2D eigenvalue weighted by Gasteiger charge is -2.32. The number of likely N-dealkylation sites (N-methyl/N-ethyl adjacent to an activating group) is 1. The Morgan fingerprint density at radius 3 is 2.07 bits per heavy atom. The molecule has 0 spiro atoms. The first kappa shape index (κ1) is 30.0. The fraction of sp³-hybridized carbons (Fsp3) is 0.273. The number of nitrogens with one attached hydrogen (secondary N) is 1. The Bertz CT molecular complexity index is 1560. The van der Waals surface area contributed by atoms with E-state index in [1.54, 1.807) is 18.2 Å². The van der Waals surface area contributed by atoms with Gasteiger partial charge in [-0.1, -0.05) is 104 Å². The fourth-order valence-electron chi connectivity index (χ4n) is 4.71. The summed E-state index contributed by atoms with van der Waals surface area (Å²) in [5.74, 6) is -0.709. The van der Waals surface area contributed by atoms with E-state index in [1.807, 2.05) is 91.9 Å². The topological polar surface area (TPSA) is 86.8 Å². The first-order chi connectivity index (χ1) is 19.8. The maximum absolute atomic E-state index is 14.0. The van der Waals surface area contributed by atoms with Crippen molar-refractivity contribution in [2.75, 3.05) is 20.1 Å². The van der Waals surface area contributed by atoms with Crippen LogP contribution in [0.2, 0.25) is 0 Å². The molecule has 8 heteroatoms. The largest absolute Gasteiger partial charge is 0.354 e. The molecule has 0 aliphatic rings. The molecular weight excluding hydrogens is 534 g/mol. The lowest BCUT2D eigenvalue weighted by atomic mass is 10.0. The summed E-state index contributed by atoms with van der Waals surface area (Å²) in [7, 11) is -2.57. The zero-order valence-electron chi connectivity index (χ0n) is 23.6. The van der Waals surface area contributed by atoms with Crippen molar-refractivity contribution in [1.29, 1.82) is 0 Å². The van der Waals surface area contributed by atoms with Crippen molar-refractivity contribution in [3.05, 3.63) is 114 Å². The average Bonchev–Trinajstić information content (AvgIpc) is 2.99. The first-order valence-corrected chi connectivity index (χ1v) is 15.3. The molecule has 0 bridgehead atoms. The third-order valence-corrected chi connectivity index (χ3v) is 8.88. The van der Waals surface area contributed by atoms with Crippen LogP contribution in [-0.2, 0) is 32.6 Å². The van der Waals surface area contributed by atoms with Crippen LogP contribution in [-0.4, -0.2) is 55.6 Å². The first-order valence-electron chi connectivity index (χ1n) is 13.9. The molecule has 4 aromatic carbocycles. The summed E-state index contributed by atoms with van der Waals surface area (Å²) < 4.78 is 28.1. The predicted octanol–water partition coefficient (Wildman–Crippen LogP) is 5.02. The molecule has 7 nitrogen and oxygen atoms in total. The van der Waals surface area contributed by atoms with Gasteiger partial charge in [-0.15, -0.1) is 0 Å². The van der Waals surface area contributed by atoms with Gasteiger partial charge in [0, 0.05) is 26.6 Å². The lowest BCUT2D eigenvalue weighted by Crippen LogP contribution is -2.53. The number of benzene rings is 4. The Labute approximate surface area is 242 Å². The number of fused-ring (bicyclic) bond motifs is 1. The van der Waals surface area contributed by atoms with E-state index in [1.165, 1.54) is 11.9 Å². The second-order valence-electron chi connectivity index (χ2n) is 10.1. The Hall–Kier alpha value is -4.01. The molecule has 0 aliphatic carbocycles. The minimum absolute atomic E-state index is 0.110. The molecule has 0 saturated carbocycles. The number of amides is 2. The van der Waals surface area contributed by atoms with Crippen LogP contribution in [0.1, 0.15) is 30.9 Å². The van der Waals surface area contributed by atoms with Gasteiger partial charge in [0.05, 0.1) is 11.4 Å². The molecule has 214 valence electrons. The molecule has 0 radical (unpaired) electrons. The minimum Gasteiger partial charge on any atom is -0.354 e. The average molecular weight is 572 g/mol. The quantitative estimate of drug-likeness (QED) is 0.229. The van der Waals surface area contributed by atoms with Gasteiger partial charge in [-0.05, 0) is 40.5 Å². The fourth-order valence-corrected chi connectivity index (χ4v) is 5.87. The Balaban J connectivity index is 1.64. The highest BCUT2D eigenvalue weighted by atomic mass is 32.2. The monoisotopic (exact) mass is 571 g/mol. The van der Waals surface area contributed by atoms with Gasteiger partial charge in [0.1, 0.15) is 6.04 Å². The number of unbranched alkanes of at least 4 members (excludes halogenated alkanes) is 1. The molecule has 1 N–H and O–H groups in total. The van der Waals surface area contributed by atoms with Crippen molar-refractivity contribution in [2.24, 2.45) is 0 Å². The minimum atomic E-state index is -3.97. The van der Waals surface area contributed by atoms with Crippen molar-refractivity contribution in [1.82, 2.24) is 14.5 Å². The van der Waals surface area contributed by atoms with Crippen LogP contribution in [0.15, 0.2) is 108 Å². The van der Waals surface area contributed by atoms with Crippen molar-refractivity contribution in [3.63, 3.8) is 0 Å². The van der Waals surface area contributed by atoms with Crippen molar-refractivity contribution in [3.8, 4) is 0 Å². The highest BCUT2D eigenvalue weighted by Gasteiger charge is 2.33. The zero-order chi connectivity index (χ0) is 29.2. The number of sulfonamides is 1. The number of nitrogens with zero attached hydrogens (tertiary/aromatic N) is 2. The van der Waals surface area contributed by atoms with Gasteiger partial charge in [0.15, 0.2) is 0 Å². The summed E-state index contributed by atoms with van der Waals surface area (Å²) in [4.78, 5) is 29.1. The highest BCUT2D eigenvalue weighted by molar-refractivity contribution is 7.89. The number of carbonyl (C=O) groups is 2. The zero-order valence-corrected chi connectivity index (χ0v) is 24.4. The second kappa shape index (κ2) is 14.1. The molecular formula is C33H37N3O4S. The second-order valence-corrected chi connectivity index (χ2v) is 12.2. The van der Waals surface area contributed by atoms with Crippen LogP contribution in [0.5, 0.6) is 0 Å². The summed E-state index contributed by atoms with van der Waals surface area (Å²) in [6, 6.07) is 30.6. The summed E-state index contributed by atoms with van der Waals surface area (Å²) in [5, 5.41) is 4.71. The standard InChI is InChI=1S/C33H37N3O4S/c1-3-4-21-34-33(38)31(22-26-13-7-5-8-14-26)36(24-27-15-9-6-10-16-27)32(37)25-35(2)41(39,40)30-20-19-28-17-11-12-18-29(28)23-30/h5-20,23,31H,3-4,21-22,24-25H2,1-2H3,(H,34,38)/t31-/m0/s1. The Morgan fingerprint density at radius 2 is 1.41 bits per heavy atom. The Morgan fingerprint density at radius 1 is 0.805 bits per heavy atom. The molecule has 0 aliphatic heterocycles. The van der Waals surface area contributed by atoms with E-state index in [0.29, 0.717) is 13.0 Å². The van der Waals surface area contributed by atoms with Gasteiger partial charge in [-0.25, -0.2) is 8.42 Å². The SMILES string of the molecule is CCCCNC(=O)[C@H](Cc1ccccc1)N(Cc1ccccc1)C(=O)CN(C)S(=O)(=O)c1ccc2ccccc2c1. The maximum Gasteiger partial charge on any atom is 0.243 e. The van der Waals surface area contributed by atoms with Crippen molar-refractivity contribution in [2.45, 2.75) is 43.7 Å². The smallest absolute Gasteiger partial charge is 0.243 e. The molecule has 41 heavy (non-hydrogen) atoms. The molecule has 4 aromatic rings. The molecule has 1 atom stereocenters. The maximum atomic E-state index is 14.0. The van der Waals surface area contributed by atoms with Gasteiger partial charge < -0.3 is 10.2 Å². The van der Waals surface area contributed by atoms with Crippen LogP contribution >= 0.6 is 0 Å². The van der Waals surface area contributed by atoms with Crippen LogP contribution in [0.3, 0.4) is 0 Å². The number of hydrogen-bond donors (Lipinski definition) is 1. The number of hydrogen-bond acceptors (Lipinski definition) is 4. The third kappa shape index (κ3) is 7.80. The molecule has 0 fully saturated rings. The Kier molecular flexibility index (Phi) is 10.3. The van der Waals surface area contributed by atoms with E-state index in [9.17, 15) is 18.0 Å². The molecule has 0 heterocycles. The van der Waals surface area contributed by atoms with E-state index in [0.717, 1.165) is 39.0 Å². The summed E-state index contributed by atoms with van der Waals surface area (Å²) in [6.07, 6.45) is 2.05. The summed E-state index contributed by atoms with van der Waals surface area (Å²) >= 11 is 0. The van der Waals surface area contributed by atoms with Gasteiger partial charge in [-0.3, -0.25) is 9.59 Å². The number of carbonyl (C=O) groups excluding carboxylic acids is 2. The highest BCUT2D eigenvalue weighted by Crippen LogP contribution is 2.22. The van der Waals surface area contributed by atoms with Crippen LogP contribution in [0.4, 0.5) is 0 Å². The van der Waals surface area contributed by atoms with E-state index in [-0.39, 0.29) is 17.3 Å². The van der Waals surface area contributed by atoms with E-state index in [2.05, 4.69) is 5.32 Å². The molecule has 0 aromatic heterocycles. The molecule has 4 rings (SSSR count). The van der Waals surface area contributed by atoms with Crippen LogP contribution < -0.4 is 5.32 Å². The van der Waals surface area contributed by atoms with Crippen LogP contribution in [0, 0.1) is 0 Å². The summed E-state index contributed by atoms with van der Waals surface area (Å²) in [6.45, 7) is 2.31. The molecule has 0 unspecified atom stereocenters. The van der Waals surface area contributed by atoms with Gasteiger partial charge in [-0.2, -0.15) is 4.31 Å².